The van der Waals surface area contributed by atoms with Crippen molar-refractivity contribution in [2.75, 3.05) is 6.54 Å². The first-order chi connectivity index (χ1) is 8.72. The lowest BCUT2D eigenvalue weighted by Gasteiger charge is -2.19. The van der Waals surface area contributed by atoms with Crippen LogP contribution in [0.1, 0.15) is 24.8 Å². The predicted molar refractivity (Wildman–Crippen MR) is 73.5 cm³/mol. The Kier molecular flexibility index (Phi) is 5.75. The molecule has 4 nitrogen and oxygen atoms in total. The molecular formula is C14H19N3O. The largest absolute Gasteiger partial charge is 0.409 e. The van der Waals surface area contributed by atoms with Crippen LogP contribution in [0.5, 0.6) is 0 Å². The predicted octanol–water partition coefficient (Wildman–Crippen LogP) is 1.52. The third-order valence-electron chi connectivity index (χ3n) is 2.85. The smallest absolute Gasteiger partial charge is 0.147 e. The molecule has 0 aromatic heterocycles. The van der Waals surface area contributed by atoms with Gasteiger partial charge < -0.3 is 16.3 Å². The Balaban J connectivity index is 2.79. The maximum absolute atomic E-state index is 8.84. The van der Waals surface area contributed by atoms with E-state index in [-0.39, 0.29) is 17.8 Å². The molecule has 0 aliphatic rings. The Morgan fingerprint density at radius 1 is 1.50 bits per heavy atom. The van der Waals surface area contributed by atoms with Crippen molar-refractivity contribution in [3.63, 3.8) is 0 Å². The van der Waals surface area contributed by atoms with Crippen molar-refractivity contribution in [1.29, 1.82) is 0 Å². The van der Waals surface area contributed by atoms with Crippen LogP contribution < -0.4 is 11.1 Å². The molecule has 0 spiro atoms. The van der Waals surface area contributed by atoms with Crippen LogP contribution in [0.15, 0.2) is 35.5 Å². The van der Waals surface area contributed by atoms with Gasteiger partial charge in [-0.15, -0.1) is 6.42 Å². The van der Waals surface area contributed by atoms with Crippen LogP contribution in [-0.4, -0.2) is 23.6 Å². The molecule has 4 heteroatoms. The number of terminal acetylenes is 1. The summed E-state index contributed by atoms with van der Waals surface area (Å²) < 4.78 is 0. The van der Waals surface area contributed by atoms with Crippen LogP contribution in [0, 0.1) is 12.3 Å². The lowest BCUT2D eigenvalue weighted by atomic mass is 9.97. The number of rotatable bonds is 6. The molecule has 1 aromatic carbocycles. The molecule has 0 aliphatic carbocycles. The maximum atomic E-state index is 8.84. The average molecular weight is 245 g/mol. The van der Waals surface area contributed by atoms with Crippen LogP contribution in [0.2, 0.25) is 0 Å². The minimum atomic E-state index is -0.182. The fourth-order valence-electron chi connectivity index (χ4n) is 1.73. The highest BCUT2D eigenvalue weighted by atomic mass is 16.4. The molecule has 0 aliphatic heterocycles. The number of nitrogens with one attached hydrogen (secondary N) is 1. The monoisotopic (exact) mass is 245 g/mol. The fourth-order valence-corrected chi connectivity index (χ4v) is 1.73. The van der Waals surface area contributed by atoms with Gasteiger partial charge in [0.05, 0.1) is 12.0 Å². The van der Waals surface area contributed by atoms with Crippen LogP contribution in [0.4, 0.5) is 0 Å². The summed E-state index contributed by atoms with van der Waals surface area (Å²) in [6, 6.07) is 9.67. The summed E-state index contributed by atoms with van der Waals surface area (Å²) in [5, 5.41) is 15.2. The van der Waals surface area contributed by atoms with Gasteiger partial charge in [0.1, 0.15) is 5.84 Å². The van der Waals surface area contributed by atoms with Crippen molar-refractivity contribution < 1.29 is 5.21 Å². The van der Waals surface area contributed by atoms with Crippen LogP contribution >= 0.6 is 0 Å². The van der Waals surface area contributed by atoms with Gasteiger partial charge in [0.2, 0.25) is 0 Å². The normalized spacial score (nSPS) is 14.8. The minimum Gasteiger partial charge on any atom is -0.409 e. The molecule has 0 fully saturated rings. The van der Waals surface area contributed by atoms with Crippen LogP contribution in [0.25, 0.3) is 0 Å². The number of nitrogens with two attached hydrogens (primary N) is 1. The Bertz CT molecular complexity index is 422. The summed E-state index contributed by atoms with van der Waals surface area (Å²) >= 11 is 0. The summed E-state index contributed by atoms with van der Waals surface area (Å²) in [6.45, 7) is 2.56. The van der Waals surface area contributed by atoms with E-state index in [4.69, 9.17) is 17.4 Å². The van der Waals surface area contributed by atoms with Gasteiger partial charge in [0, 0.05) is 6.54 Å². The SMILES string of the molecule is C#CC(CC)NCC(/C(N)=N/O)c1ccccc1. The van der Waals surface area contributed by atoms with Gasteiger partial charge in [0.15, 0.2) is 0 Å². The molecule has 2 atom stereocenters. The van der Waals surface area contributed by atoms with E-state index >= 15 is 0 Å². The van der Waals surface area contributed by atoms with Crippen molar-refractivity contribution >= 4 is 5.84 Å². The summed E-state index contributed by atoms with van der Waals surface area (Å²) in [4.78, 5) is 0. The zero-order valence-corrected chi connectivity index (χ0v) is 10.5. The fraction of sp³-hybridized carbons (Fsp3) is 0.357. The van der Waals surface area contributed by atoms with Gasteiger partial charge in [-0.3, -0.25) is 0 Å². The second kappa shape index (κ2) is 7.36. The molecule has 0 amide bonds. The highest BCUT2D eigenvalue weighted by Gasteiger charge is 2.17. The zero-order chi connectivity index (χ0) is 13.4. The Labute approximate surface area is 108 Å². The average Bonchev–Trinajstić information content (AvgIpc) is 2.44. The Hall–Kier alpha value is -1.99. The van der Waals surface area contributed by atoms with E-state index < -0.39 is 0 Å². The lowest BCUT2D eigenvalue weighted by molar-refractivity contribution is 0.315. The molecule has 2 unspecified atom stereocenters. The van der Waals surface area contributed by atoms with Gasteiger partial charge in [-0.25, -0.2) is 0 Å². The highest BCUT2D eigenvalue weighted by Crippen LogP contribution is 2.15. The maximum Gasteiger partial charge on any atom is 0.147 e. The summed E-state index contributed by atoms with van der Waals surface area (Å²) in [7, 11) is 0. The minimum absolute atomic E-state index is 0.00250. The Morgan fingerprint density at radius 2 is 2.17 bits per heavy atom. The molecule has 1 aromatic rings. The summed E-state index contributed by atoms with van der Waals surface area (Å²) in [5.41, 5.74) is 6.72. The van der Waals surface area contributed by atoms with E-state index in [0.29, 0.717) is 6.54 Å². The van der Waals surface area contributed by atoms with Crippen LogP contribution in [-0.2, 0) is 0 Å². The van der Waals surface area contributed by atoms with Gasteiger partial charge in [-0.05, 0) is 12.0 Å². The summed E-state index contributed by atoms with van der Waals surface area (Å²) in [5.74, 6) is 2.66. The third-order valence-corrected chi connectivity index (χ3v) is 2.85. The number of amidine groups is 1. The molecule has 0 bridgehead atoms. The molecule has 1 rings (SSSR count). The molecular weight excluding hydrogens is 226 g/mol. The van der Waals surface area contributed by atoms with Crippen molar-refractivity contribution in [2.45, 2.75) is 25.3 Å². The second-order valence-corrected chi connectivity index (χ2v) is 4.02. The third kappa shape index (κ3) is 3.79. The number of hydrogen-bond acceptors (Lipinski definition) is 3. The second-order valence-electron chi connectivity index (χ2n) is 4.02. The van der Waals surface area contributed by atoms with Crippen molar-refractivity contribution in [3.05, 3.63) is 35.9 Å². The van der Waals surface area contributed by atoms with Gasteiger partial charge in [-0.1, -0.05) is 48.3 Å². The number of benzene rings is 1. The molecule has 18 heavy (non-hydrogen) atoms. The molecule has 4 N–H and O–H groups in total. The van der Waals surface area contributed by atoms with E-state index in [1.807, 2.05) is 37.3 Å². The quantitative estimate of drug-likeness (QED) is 0.234. The van der Waals surface area contributed by atoms with Crippen molar-refractivity contribution in [2.24, 2.45) is 10.9 Å². The van der Waals surface area contributed by atoms with Crippen molar-refractivity contribution in [3.8, 4) is 12.3 Å². The standard InChI is InChI=1S/C14H19N3O/c1-3-12(4-2)16-10-13(14(15)17-18)11-8-6-5-7-9-11/h1,5-9,12-13,16,18H,4,10H2,2H3,(H2,15,17). The van der Waals surface area contributed by atoms with E-state index in [2.05, 4.69) is 16.4 Å². The topological polar surface area (TPSA) is 70.6 Å². The van der Waals surface area contributed by atoms with Crippen LogP contribution in [0.3, 0.4) is 0 Å². The molecule has 0 saturated carbocycles. The Morgan fingerprint density at radius 3 is 2.67 bits per heavy atom. The van der Waals surface area contributed by atoms with Gasteiger partial charge in [0.25, 0.3) is 0 Å². The zero-order valence-electron chi connectivity index (χ0n) is 10.5. The molecule has 96 valence electrons. The lowest BCUT2D eigenvalue weighted by Crippen LogP contribution is -2.36. The van der Waals surface area contributed by atoms with Gasteiger partial charge >= 0.3 is 0 Å². The number of nitrogens with zero attached hydrogens (tertiary/aromatic N) is 1. The summed E-state index contributed by atoms with van der Waals surface area (Å²) in [6.07, 6.45) is 6.23. The first-order valence-corrected chi connectivity index (χ1v) is 5.94. The number of oxime groups is 1. The van der Waals surface area contributed by atoms with E-state index in [9.17, 15) is 0 Å². The first-order valence-electron chi connectivity index (χ1n) is 5.94. The molecule has 0 radical (unpaired) electrons. The van der Waals surface area contributed by atoms with E-state index in [0.717, 1.165) is 12.0 Å². The van der Waals surface area contributed by atoms with E-state index in [1.165, 1.54) is 0 Å². The van der Waals surface area contributed by atoms with Crippen molar-refractivity contribution in [1.82, 2.24) is 5.32 Å². The highest BCUT2D eigenvalue weighted by molar-refractivity contribution is 5.87. The van der Waals surface area contributed by atoms with Gasteiger partial charge in [-0.2, -0.15) is 0 Å². The molecule has 0 heterocycles. The first kappa shape index (κ1) is 14.1. The van der Waals surface area contributed by atoms with E-state index in [1.54, 1.807) is 0 Å². The number of hydrogen-bond donors (Lipinski definition) is 3. The molecule has 0 saturated heterocycles.